The van der Waals surface area contributed by atoms with Gasteiger partial charge in [-0.1, -0.05) is 25.1 Å². The summed E-state index contributed by atoms with van der Waals surface area (Å²) >= 11 is 0. The summed E-state index contributed by atoms with van der Waals surface area (Å²) in [6.45, 7) is 6.09. The van der Waals surface area contributed by atoms with Gasteiger partial charge < -0.3 is 10.2 Å². The number of carbonyl (C=O) groups excluding carboxylic acids is 1. The zero-order chi connectivity index (χ0) is 11.8. The van der Waals surface area contributed by atoms with Crippen LogP contribution in [0.3, 0.4) is 0 Å². The molecule has 17 heavy (non-hydrogen) atoms. The highest BCUT2D eigenvalue weighted by Crippen LogP contribution is 2.04. The molecule has 0 bridgehead atoms. The minimum atomic E-state index is 0. The van der Waals surface area contributed by atoms with Gasteiger partial charge in [0.05, 0.1) is 6.54 Å². The number of nitrogens with zero attached hydrogens (tertiary/aromatic N) is 1. The normalized spacial score (nSPS) is 9.29. The molecule has 0 unspecified atom stereocenters. The maximum atomic E-state index is 11.8. The molecule has 4 heteroatoms. The number of rotatable bonds is 6. The van der Waals surface area contributed by atoms with Crippen LogP contribution in [0.2, 0.25) is 0 Å². The van der Waals surface area contributed by atoms with Gasteiger partial charge >= 0.3 is 0 Å². The largest absolute Gasteiger partial charge is 0.376 e. The summed E-state index contributed by atoms with van der Waals surface area (Å²) in [5.41, 5.74) is 0.989. The smallest absolute Gasteiger partial charge is 0.241 e. The van der Waals surface area contributed by atoms with Crippen molar-refractivity contribution in [2.24, 2.45) is 0 Å². The van der Waals surface area contributed by atoms with Crippen LogP contribution in [0.1, 0.15) is 20.3 Å². The Morgan fingerprint density at radius 3 is 2.41 bits per heavy atom. The minimum absolute atomic E-state index is 0. The van der Waals surface area contributed by atoms with Crippen LogP contribution in [0.5, 0.6) is 0 Å². The van der Waals surface area contributed by atoms with Crippen LogP contribution in [-0.2, 0) is 4.79 Å². The third-order valence-electron chi connectivity index (χ3n) is 2.45. The molecule has 3 nitrogen and oxygen atoms in total. The fraction of sp³-hybridized carbons (Fsp3) is 0.462. The number of likely N-dealkylation sites (N-methyl/N-ethyl adjacent to an activating group) is 1. The minimum Gasteiger partial charge on any atom is -0.376 e. The van der Waals surface area contributed by atoms with E-state index in [0.717, 1.165) is 25.2 Å². The average Bonchev–Trinajstić information content (AvgIpc) is 2.34. The van der Waals surface area contributed by atoms with Crippen LogP contribution in [0.4, 0.5) is 5.69 Å². The molecular formula is C13H21ClN2O. The summed E-state index contributed by atoms with van der Waals surface area (Å²) in [6, 6.07) is 9.79. The first-order valence-corrected chi connectivity index (χ1v) is 5.84. The second kappa shape index (κ2) is 8.88. The predicted octanol–water partition coefficient (Wildman–Crippen LogP) is 2.78. The summed E-state index contributed by atoms with van der Waals surface area (Å²) in [6.07, 6.45) is 1.00. The van der Waals surface area contributed by atoms with Gasteiger partial charge in [0.1, 0.15) is 0 Å². The van der Waals surface area contributed by atoms with Gasteiger partial charge in [0.15, 0.2) is 0 Å². The third kappa shape index (κ3) is 5.59. The quantitative estimate of drug-likeness (QED) is 0.849. The van der Waals surface area contributed by atoms with Crippen molar-refractivity contribution in [1.82, 2.24) is 4.90 Å². The van der Waals surface area contributed by atoms with Gasteiger partial charge in [-0.05, 0) is 25.5 Å². The topological polar surface area (TPSA) is 32.3 Å². The zero-order valence-electron chi connectivity index (χ0n) is 10.5. The molecule has 0 radical (unpaired) electrons. The lowest BCUT2D eigenvalue weighted by atomic mass is 10.3. The van der Waals surface area contributed by atoms with Gasteiger partial charge in [-0.25, -0.2) is 0 Å². The van der Waals surface area contributed by atoms with Crippen molar-refractivity contribution in [3.63, 3.8) is 0 Å². The van der Waals surface area contributed by atoms with Crippen molar-refractivity contribution >= 4 is 24.0 Å². The Labute approximate surface area is 110 Å². The van der Waals surface area contributed by atoms with E-state index in [1.54, 1.807) is 0 Å². The molecular weight excluding hydrogens is 236 g/mol. The van der Waals surface area contributed by atoms with E-state index in [4.69, 9.17) is 0 Å². The number of carbonyl (C=O) groups is 1. The molecule has 0 spiro atoms. The van der Waals surface area contributed by atoms with Crippen LogP contribution in [0.15, 0.2) is 30.3 Å². The Morgan fingerprint density at radius 1 is 1.24 bits per heavy atom. The van der Waals surface area contributed by atoms with Crippen molar-refractivity contribution in [3.05, 3.63) is 30.3 Å². The van der Waals surface area contributed by atoms with E-state index in [1.165, 1.54) is 0 Å². The van der Waals surface area contributed by atoms with Crippen LogP contribution < -0.4 is 5.32 Å². The molecule has 1 N–H and O–H groups in total. The van der Waals surface area contributed by atoms with Crippen molar-refractivity contribution < 1.29 is 4.79 Å². The molecule has 0 aliphatic heterocycles. The Balaban J connectivity index is 0.00000256. The summed E-state index contributed by atoms with van der Waals surface area (Å²) in [5.74, 6) is 0.160. The van der Waals surface area contributed by atoms with E-state index in [2.05, 4.69) is 12.2 Å². The van der Waals surface area contributed by atoms with Gasteiger partial charge in [-0.3, -0.25) is 4.79 Å². The fourth-order valence-electron chi connectivity index (χ4n) is 1.57. The van der Waals surface area contributed by atoms with Crippen LogP contribution in [0.25, 0.3) is 0 Å². The van der Waals surface area contributed by atoms with Crippen molar-refractivity contribution in [1.29, 1.82) is 0 Å². The molecule has 1 amide bonds. The first-order chi connectivity index (χ1) is 7.77. The van der Waals surface area contributed by atoms with Gasteiger partial charge in [0.25, 0.3) is 0 Å². The molecule has 0 fully saturated rings. The standard InChI is InChI=1S/C13H20N2O.ClH/c1-3-10-15(4-2)13(16)11-14-12-8-6-5-7-9-12;/h5-9,14H,3-4,10-11H2,1-2H3;1H. The Hall–Kier alpha value is -1.22. The van der Waals surface area contributed by atoms with E-state index in [1.807, 2.05) is 42.2 Å². The molecule has 0 aliphatic rings. The maximum Gasteiger partial charge on any atom is 0.241 e. The number of nitrogens with one attached hydrogen (secondary N) is 1. The molecule has 0 aromatic heterocycles. The average molecular weight is 257 g/mol. The van der Waals surface area contributed by atoms with Crippen molar-refractivity contribution in [3.8, 4) is 0 Å². The van der Waals surface area contributed by atoms with E-state index in [9.17, 15) is 4.79 Å². The number of amides is 1. The number of benzene rings is 1. The molecule has 0 saturated carbocycles. The Morgan fingerprint density at radius 2 is 1.88 bits per heavy atom. The Kier molecular flexibility index (Phi) is 8.24. The first-order valence-electron chi connectivity index (χ1n) is 5.84. The van der Waals surface area contributed by atoms with Crippen LogP contribution in [0, 0.1) is 0 Å². The summed E-state index contributed by atoms with van der Waals surface area (Å²) in [5, 5.41) is 3.13. The molecule has 0 heterocycles. The highest BCUT2D eigenvalue weighted by atomic mass is 35.5. The zero-order valence-corrected chi connectivity index (χ0v) is 11.3. The van der Waals surface area contributed by atoms with E-state index in [-0.39, 0.29) is 18.3 Å². The third-order valence-corrected chi connectivity index (χ3v) is 2.45. The molecule has 1 aromatic rings. The highest BCUT2D eigenvalue weighted by Gasteiger charge is 2.09. The van der Waals surface area contributed by atoms with E-state index >= 15 is 0 Å². The van der Waals surface area contributed by atoms with Gasteiger partial charge in [0, 0.05) is 18.8 Å². The van der Waals surface area contributed by atoms with Crippen molar-refractivity contribution in [2.75, 3.05) is 25.0 Å². The Bertz CT molecular complexity index is 316. The lowest BCUT2D eigenvalue weighted by Gasteiger charge is -2.20. The number of hydrogen-bond donors (Lipinski definition) is 1. The second-order valence-electron chi connectivity index (χ2n) is 3.69. The summed E-state index contributed by atoms with van der Waals surface area (Å²) < 4.78 is 0. The number of hydrogen-bond acceptors (Lipinski definition) is 2. The molecule has 96 valence electrons. The number of halogens is 1. The van der Waals surface area contributed by atoms with Crippen LogP contribution in [-0.4, -0.2) is 30.4 Å². The molecule has 1 rings (SSSR count). The van der Waals surface area contributed by atoms with Gasteiger partial charge in [-0.15, -0.1) is 12.4 Å². The summed E-state index contributed by atoms with van der Waals surface area (Å²) in [7, 11) is 0. The van der Waals surface area contributed by atoms with Gasteiger partial charge in [-0.2, -0.15) is 0 Å². The lowest BCUT2D eigenvalue weighted by molar-refractivity contribution is -0.129. The first kappa shape index (κ1) is 15.8. The number of anilines is 1. The maximum absolute atomic E-state index is 11.8. The fourth-order valence-corrected chi connectivity index (χ4v) is 1.57. The van der Waals surface area contributed by atoms with E-state index < -0.39 is 0 Å². The second-order valence-corrected chi connectivity index (χ2v) is 3.69. The monoisotopic (exact) mass is 256 g/mol. The van der Waals surface area contributed by atoms with Gasteiger partial charge in [0.2, 0.25) is 5.91 Å². The molecule has 0 saturated heterocycles. The lowest BCUT2D eigenvalue weighted by Crippen LogP contribution is -2.35. The van der Waals surface area contributed by atoms with E-state index in [0.29, 0.717) is 6.54 Å². The number of para-hydroxylation sites is 1. The van der Waals surface area contributed by atoms with Crippen molar-refractivity contribution in [2.45, 2.75) is 20.3 Å². The SMILES string of the molecule is CCCN(CC)C(=O)CNc1ccccc1.Cl. The molecule has 0 aliphatic carbocycles. The molecule has 1 aromatic carbocycles. The predicted molar refractivity (Wildman–Crippen MR) is 74.7 cm³/mol. The highest BCUT2D eigenvalue weighted by molar-refractivity contribution is 5.85. The summed E-state index contributed by atoms with van der Waals surface area (Å²) in [4.78, 5) is 13.7. The van der Waals surface area contributed by atoms with Crippen LogP contribution >= 0.6 is 12.4 Å². The molecule has 0 atom stereocenters.